The van der Waals surface area contributed by atoms with Crippen LogP contribution in [0.1, 0.15) is 45.1 Å². The summed E-state index contributed by atoms with van der Waals surface area (Å²) in [4.78, 5) is 26.0. The van der Waals surface area contributed by atoms with Crippen LogP contribution in [0.3, 0.4) is 0 Å². The summed E-state index contributed by atoms with van der Waals surface area (Å²) in [5.74, 6) is -1.21. The number of amides is 1. The number of nitrogens with zero attached hydrogens (tertiary/aromatic N) is 1. The second-order valence-electron chi connectivity index (χ2n) is 6.28. The van der Waals surface area contributed by atoms with Crippen LogP contribution in [0.2, 0.25) is 0 Å². The highest BCUT2D eigenvalue weighted by molar-refractivity contribution is 6.13. The molecule has 1 aromatic rings. The predicted octanol–water partition coefficient (Wildman–Crippen LogP) is 2.96. The largest absolute Gasteiger partial charge is 0.480 e. The van der Waals surface area contributed by atoms with Crippen molar-refractivity contribution in [3.8, 4) is 0 Å². The Morgan fingerprint density at radius 1 is 1.19 bits per heavy atom. The third kappa shape index (κ3) is 1.81. The van der Waals surface area contributed by atoms with Gasteiger partial charge in [-0.2, -0.15) is 0 Å². The Labute approximate surface area is 124 Å². The summed E-state index contributed by atoms with van der Waals surface area (Å²) in [6, 6.07) is 7.94. The monoisotopic (exact) mass is 287 g/mol. The van der Waals surface area contributed by atoms with E-state index in [0.717, 1.165) is 18.5 Å². The molecule has 0 atom stereocenters. The molecule has 0 saturated heterocycles. The standard InChI is InChI=1S/C17H21NO3/c1-3-16(4-2)11-18(13-8-6-5-7-12(13)16)14(19)17(9-10-17)15(20)21/h5-8H,3-4,9-11H2,1-2H3,(H,20,21). The Balaban J connectivity index is 2.03. The average molecular weight is 287 g/mol. The summed E-state index contributed by atoms with van der Waals surface area (Å²) in [7, 11) is 0. The van der Waals surface area contributed by atoms with Gasteiger partial charge in [0.2, 0.25) is 5.91 Å². The second kappa shape index (κ2) is 4.58. The molecule has 4 nitrogen and oxygen atoms in total. The van der Waals surface area contributed by atoms with Gasteiger partial charge in [0, 0.05) is 17.6 Å². The minimum absolute atomic E-state index is 0.0408. The molecule has 1 heterocycles. The Bertz CT molecular complexity index is 600. The van der Waals surface area contributed by atoms with Gasteiger partial charge in [-0.1, -0.05) is 32.0 Å². The first-order chi connectivity index (χ1) is 10.0. The van der Waals surface area contributed by atoms with Crippen LogP contribution < -0.4 is 4.90 Å². The third-order valence-electron chi connectivity index (χ3n) is 5.39. The van der Waals surface area contributed by atoms with Crippen molar-refractivity contribution in [3.63, 3.8) is 0 Å². The van der Waals surface area contributed by atoms with Gasteiger partial charge in [-0.15, -0.1) is 0 Å². The maximum Gasteiger partial charge on any atom is 0.319 e. The fourth-order valence-electron chi connectivity index (χ4n) is 3.57. The summed E-state index contributed by atoms with van der Waals surface area (Å²) in [6.45, 7) is 4.88. The van der Waals surface area contributed by atoms with Crippen LogP contribution in [-0.2, 0) is 15.0 Å². The fraction of sp³-hybridized carbons (Fsp3) is 0.529. The third-order valence-corrected chi connectivity index (χ3v) is 5.39. The first kappa shape index (κ1) is 14.1. The summed E-state index contributed by atoms with van der Waals surface area (Å²) < 4.78 is 0. The molecule has 1 fully saturated rings. The molecule has 3 rings (SSSR count). The molecule has 0 spiro atoms. The van der Waals surface area contributed by atoms with E-state index >= 15 is 0 Å². The average Bonchev–Trinajstić information content (AvgIpc) is 3.25. The topological polar surface area (TPSA) is 57.6 Å². The molecule has 1 saturated carbocycles. The van der Waals surface area contributed by atoms with E-state index in [-0.39, 0.29) is 11.3 Å². The maximum absolute atomic E-state index is 12.8. The number of carbonyl (C=O) groups excluding carboxylic acids is 1. The molecule has 112 valence electrons. The van der Waals surface area contributed by atoms with Crippen molar-refractivity contribution in [2.75, 3.05) is 11.4 Å². The minimum atomic E-state index is -1.16. The SMILES string of the molecule is CCC1(CC)CN(C(=O)C2(C(=O)O)CC2)c2ccccc21. The number of hydrogen-bond donors (Lipinski definition) is 1. The Hall–Kier alpha value is -1.84. The van der Waals surface area contributed by atoms with E-state index in [0.29, 0.717) is 19.4 Å². The molecule has 1 aliphatic carbocycles. The number of fused-ring (bicyclic) bond motifs is 1. The second-order valence-corrected chi connectivity index (χ2v) is 6.28. The van der Waals surface area contributed by atoms with Crippen molar-refractivity contribution in [1.82, 2.24) is 0 Å². The fourth-order valence-corrected chi connectivity index (χ4v) is 3.57. The van der Waals surface area contributed by atoms with Crippen LogP contribution in [-0.4, -0.2) is 23.5 Å². The number of para-hydroxylation sites is 1. The molecule has 0 aromatic heterocycles. The highest BCUT2D eigenvalue weighted by Gasteiger charge is 2.60. The first-order valence-corrected chi connectivity index (χ1v) is 7.65. The minimum Gasteiger partial charge on any atom is -0.480 e. The van der Waals surface area contributed by atoms with Crippen molar-refractivity contribution in [1.29, 1.82) is 0 Å². The highest BCUT2D eigenvalue weighted by atomic mass is 16.4. The van der Waals surface area contributed by atoms with Gasteiger partial charge in [0.25, 0.3) is 0 Å². The molecule has 2 aliphatic rings. The summed E-state index contributed by atoms with van der Waals surface area (Å²) >= 11 is 0. The number of aliphatic carboxylic acids is 1. The van der Waals surface area contributed by atoms with Gasteiger partial charge in [0.15, 0.2) is 0 Å². The van der Waals surface area contributed by atoms with Gasteiger partial charge in [0.05, 0.1) is 0 Å². The van der Waals surface area contributed by atoms with Crippen LogP contribution in [0.15, 0.2) is 24.3 Å². The van der Waals surface area contributed by atoms with Gasteiger partial charge in [-0.3, -0.25) is 9.59 Å². The normalized spacial score (nSPS) is 21.0. The van der Waals surface area contributed by atoms with Crippen molar-refractivity contribution in [3.05, 3.63) is 29.8 Å². The lowest BCUT2D eigenvalue weighted by molar-refractivity contribution is -0.148. The molecule has 0 unspecified atom stereocenters. The highest BCUT2D eigenvalue weighted by Crippen LogP contribution is 2.52. The summed E-state index contributed by atoms with van der Waals surface area (Å²) in [6.07, 6.45) is 2.82. The lowest BCUT2D eigenvalue weighted by atomic mass is 9.78. The summed E-state index contributed by atoms with van der Waals surface area (Å²) in [5.41, 5.74) is 0.883. The number of hydrogen-bond acceptors (Lipinski definition) is 2. The quantitative estimate of drug-likeness (QED) is 0.866. The molecule has 1 amide bonds. The zero-order chi connectivity index (χ0) is 15.3. The van der Waals surface area contributed by atoms with E-state index < -0.39 is 11.4 Å². The molecule has 1 aromatic carbocycles. The maximum atomic E-state index is 12.8. The Morgan fingerprint density at radius 3 is 2.33 bits per heavy atom. The Morgan fingerprint density at radius 2 is 1.81 bits per heavy atom. The number of benzene rings is 1. The van der Waals surface area contributed by atoms with E-state index in [4.69, 9.17) is 0 Å². The first-order valence-electron chi connectivity index (χ1n) is 7.65. The van der Waals surface area contributed by atoms with Crippen molar-refractivity contribution < 1.29 is 14.7 Å². The van der Waals surface area contributed by atoms with Gasteiger partial charge in [-0.05, 0) is 37.3 Å². The van der Waals surface area contributed by atoms with Crippen LogP contribution in [0.4, 0.5) is 5.69 Å². The van der Waals surface area contributed by atoms with E-state index in [2.05, 4.69) is 19.9 Å². The van der Waals surface area contributed by atoms with E-state index in [1.54, 1.807) is 4.90 Å². The predicted molar refractivity (Wildman–Crippen MR) is 80.4 cm³/mol. The van der Waals surface area contributed by atoms with Crippen LogP contribution in [0.25, 0.3) is 0 Å². The number of carboxylic acids is 1. The lowest BCUT2D eigenvalue weighted by Crippen LogP contribution is -2.43. The van der Waals surface area contributed by atoms with Gasteiger partial charge >= 0.3 is 5.97 Å². The van der Waals surface area contributed by atoms with E-state index in [1.165, 1.54) is 5.56 Å². The van der Waals surface area contributed by atoms with Crippen molar-refractivity contribution >= 4 is 17.6 Å². The molecular weight excluding hydrogens is 266 g/mol. The van der Waals surface area contributed by atoms with Crippen LogP contribution in [0.5, 0.6) is 0 Å². The van der Waals surface area contributed by atoms with Gasteiger partial charge < -0.3 is 10.0 Å². The molecule has 0 bridgehead atoms. The van der Waals surface area contributed by atoms with E-state index in [1.807, 2.05) is 18.2 Å². The zero-order valence-electron chi connectivity index (χ0n) is 12.6. The van der Waals surface area contributed by atoms with Gasteiger partial charge in [-0.25, -0.2) is 0 Å². The summed E-state index contributed by atoms with van der Waals surface area (Å²) in [5, 5.41) is 9.38. The molecule has 0 radical (unpaired) electrons. The Kier molecular flexibility index (Phi) is 3.08. The van der Waals surface area contributed by atoms with Crippen LogP contribution in [0, 0.1) is 5.41 Å². The molecular formula is C17H21NO3. The molecule has 21 heavy (non-hydrogen) atoms. The number of carboxylic acid groups (broad SMARTS) is 1. The number of rotatable bonds is 4. The molecule has 1 aliphatic heterocycles. The van der Waals surface area contributed by atoms with Crippen LogP contribution >= 0.6 is 0 Å². The van der Waals surface area contributed by atoms with Crippen molar-refractivity contribution in [2.45, 2.75) is 44.9 Å². The zero-order valence-corrected chi connectivity index (χ0v) is 12.6. The van der Waals surface area contributed by atoms with Crippen molar-refractivity contribution in [2.24, 2.45) is 5.41 Å². The smallest absolute Gasteiger partial charge is 0.319 e. The molecule has 1 N–H and O–H groups in total. The van der Waals surface area contributed by atoms with Gasteiger partial charge in [0.1, 0.15) is 5.41 Å². The van der Waals surface area contributed by atoms with E-state index in [9.17, 15) is 14.7 Å². The molecule has 4 heteroatoms. The number of carbonyl (C=O) groups is 2. The lowest BCUT2D eigenvalue weighted by Gasteiger charge is -2.28. The number of anilines is 1.